The predicted molar refractivity (Wildman–Crippen MR) is 86.0 cm³/mol. The van der Waals surface area contributed by atoms with Gasteiger partial charge >= 0.3 is 0 Å². The van der Waals surface area contributed by atoms with Crippen LogP contribution >= 0.6 is 0 Å². The van der Waals surface area contributed by atoms with Gasteiger partial charge in [0.25, 0.3) is 5.91 Å². The number of nitrogens with zero attached hydrogens (tertiary/aromatic N) is 1. The standard InChI is InChI=1S/C17H18N2O4/c1-11-13(7-9-23-11)17(21)18-12-5-6-14(15(10-12)22-2)19-8-3-4-16(19)20/h5-7,9-10H,3-4,8H2,1-2H3,(H,18,21). The summed E-state index contributed by atoms with van der Waals surface area (Å²) in [7, 11) is 1.55. The molecule has 1 N–H and O–H groups in total. The molecule has 23 heavy (non-hydrogen) atoms. The molecule has 2 amide bonds. The Morgan fingerprint density at radius 2 is 2.17 bits per heavy atom. The Kier molecular flexibility index (Phi) is 4.06. The molecule has 2 heterocycles. The van der Waals surface area contributed by atoms with E-state index in [1.54, 1.807) is 43.2 Å². The van der Waals surface area contributed by atoms with Gasteiger partial charge in [0.1, 0.15) is 11.5 Å². The van der Waals surface area contributed by atoms with Gasteiger partial charge in [0.05, 0.1) is 24.6 Å². The molecule has 0 saturated carbocycles. The summed E-state index contributed by atoms with van der Waals surface area (Å²) in [6, 6.07) is 6.89. The number of methoxy groups -OCH3 is 1. The second-order valence-corrected chi connectivity index (χ2v) is 5.38. The number of ether oxygens (including phenoxy) is 1. The van der Waals surface area contributed by atoms with Gasteiger partial charge in [-0.2, -0.15) is 0 Å². The summed E-state index contributed by atoms with van der Waals surface area (Å²) < 4.78 is 10.5. The molecule has 0 radical (unpaired) electrons. The lowest BCUT2D eigenvalue weighted by Crippen LogP contribution is -2.24. The van der Waals surface area contributed by atoms with Crippen LogP contribution in [0.2, 0.25) is 0 Å². The van der Waals surface area contributed by atoms with Crippen LogP contribution in [0.4, 0.5) is 11.4 Å². The molecule has 0 spiro atoms. The Hall–Kier alpha value is -2.76. The van der Waals surface area contributed by atoms with E-state index in [1.807, 2.05) is 0 Å². The minimum atomic E-state index is -0.247. The zero-order valence-corrected chi connectivity index (χ0v) is 13.1. The number of aryl methyl sites for hydroxylation is 1. The molecule has 120 valence electrons. The van der Waals surface area contributed by atoms with Crippen molar-refractivity contribution in [1.29, 1.82) is 0 Å². The summed E-state index contributed by atoms with van der Waals surface area (Å²) in [5.74, 6) is 0.966. The van der Waals surface area contributed by atoms with Crippen molar-refractivity contribution >= 4 is 23.2 Å². The summed E-state index contributed by atoms with van der Waals surface area (Å²) in [6.07, 6.45) is 2.88. The van der Waals surface area contributed by atoms with Gasteiger partial charge in [-0.25, -0.2) is 0 Å². The fourth-order valence-corrected chi connectivity index (χ4v) is 2.70. The van der Waals surface area contributed by atoms with Gasteiger partial charge in [0.15, 0.2) is 0 Å². The Labute approximate surface area is 134 Å². The van der Waals surface area contributed by atoms with E-state index in [9.17, 15) is 9.59 Å². The Morgan fingerprint density at radius 1 is 1.35 bits per heavy atom. The zero-order valence-electron chi connectivity index (χ0n) is 13.1. The molecule has 0 atom stereocenters. The highest BCUT2D eigenvalue weighted by Gasteiger charge is 2.24. The number of carbonyl (C=O) groups is 2. The van der Waals surface area contributed by atoms with Crippen LogP contribution in [0.3, 0.4) is 0 Å². The largest absolute Gasteiger partial charge is 0.494 e. The first-order valence-electron chi connectivity index (χ1n) is 7.44. The van der Waals surface area contributed by atoms with Crippen molar-refractivity contribution in [2.75, 3.05) is 23.9 Å². The minimum Gasteiger partial charge on any atom is -0.494 e. The first kappa shape index (κ1) is 15.1. The lowest BCUT2D eigenvalue weighted by molar-refractivity contribution is -0.117. The average Bonchev–Trinajstić information content (AvgIpc) is 3.15. The summed E-state index contributed by atoms with van der Waals surface area (Å²) in [4.78, 5) is 25.8. The number of benzene rings is 1. The van der Waals surface area contributed by atoms with Crippen LogP contribution in [0.1, 0.15) is 29.0 Å². The normalized spacial score (nSPS) is 14.2. The topological polar surface area (TPSA) is 71.8 Å². The SMILES string of the molecule is COc1cc(NC(=O)c2ccoc2C)ccc1N1CCCC1=O. The number of carbonyl (C=O) groups excluding carboxylic acids is 2. The van der Waals surface area contributed by atoms with Crippen LogP contribution in [-0.4, -0.2) is 25.5 Å². The molecule has 0 aliphatic carbocycles. The van der Waals surface area contributed by atoms with Gasteiger partial charge in [-0.05, 0) is 31.5 Å². The van der Waals surface area contributed by atoms with Gasteiger partial charge in [0.2, 0.25) is 5.91 Å². The maximum absolute atomic E-state index is 12.2. The smallest absolute Gasteiger partial charge is 0.259 e. The van der Waals surface area contributed by atoms with Crippen molar-refractivity contribution in [1.82, 2.24) is 0 Å². The van der Waals surface area contributed by atoms with Gasteiger partial charge in [-0.1, -0.05) is 0 Å². The van der Waals surface area contributed by atoms with Crippen LogP contribution in [0.25, 0.3) is 0 Å². The van der Waals surface area contributed by atoms with Crippen molar-refractivity contribution in [3.63, 3.8) is 0 Å². The predicted octanol–water partition coefficient (Wildman–Crippen LogP) is 2.98. The van der Waals surface area contributed by atoms with E-state index < -0.39 is 0 Å². The number of rotatable bonds is 4. The Bertz CT molecular complexity index is 751. The van der Waals surface area contributed by atoms with E-state index in [1.165, 1.54) is 6.26 Å². The van der Waals surface area contributed by atoms with Crippen molar-refractivity contribution in [2.45, 2.75) is 19.8 Å². The third-order valence-electron chi connectivity index (χ3n) is 3.91. The van der Waals surface area contributed by atoms with Crippen LogP contribution in [0.5, 0.6) is 5.75 Å². The Balaban J connectivity index is 1.83. The monoisotopic (exact) mass is 314 g/mol. The Morgan fingerprint density at radius 3 is 2.78 bits per heavy atom. The summed E-state index contributed by atoms with van der Waals surface area (Å²) in [5, 5.41) is 2.81. The summed E-state index contributed by atoms with van der Waals surface area (Å²) in [6.45, 7) is 2.42. The fraction of sp³-hybridized carbons (Fsp3) is 0.294. The van der Waals surface area contributed by atoms with Crippen LogP contribution in [0.15, 0.2) is 34.9 Å². The molecule has 1 fully saturated rings. The maximum atomic E-state index is 12.2. The number of furan rings is 1. The van der Waals surface area contributed by atoms with Crippen molar-refractivity contribution < 1.29 is 18.7 Å². The number of hydrogen-bond acceptors (Lipinski definition) is 4. The molecule has 6 heteroatoms. The fourth-order valence-electron chi connectivity index (χ4n) is 2.70. The molecular formula is C17H18N2O4. The minimum absolute atomic E-state index is 0.0918. The molecule has 1 aromatic carbocycles. The van der Waals surface area contributed by atoms with Crippen LogP contribution in [0, 0.1) is 6.92 Å². The van der Waals surface area contributed by atoms with E-state index in [2.05, 4.69) is 5.32 Å². The highest BCUT2D eigenvalue weighted by molar-refractivity contribution is 6.05. The van der Waals surface area contributed by atoms with Gasteiger partial charge < -0.3 is 19.4 Å². The van der Waals surface area contributed by atoms with E-state index in [0.717, 1.165) is 12.1 Å². The molecule has 6 nitrogen and oxygen atoms in total. The van der Waals surface area contributed by atoms with Crippen LogP contribution < -0.4 is 15.0 Å². The van der Waals surface area contributed by atoms with E-state index in [4.69, 9.17) is 9.15 Å². The van der Waals surface area contributed by atoms with Gasteiger partial charge in [-0.15, -0.1) is 0 Å². The number of anilines is 2. The van der Waals surface area contributed by atoms with Crippen molar-refractivity contribution in [3.05, 3.63) is 41.9 Å². The maximum Gasteiger partial charge on any atom is 0.259 e. The van der Waals surface area contributed by atoms with Crippen molar-refractivity contribution in [2.24, 2.45) is 0 Å². The quantitative estimate of drug-likeness (QED) is 0.941. The first-order valence-corrected chi connectivity index (χ1v) is 7.44. The third kappa shape index (κ3) is 2.92. The third-order valence-corrected chi connectivity index (χ3v) is 3.91. The molecule has 0 bridgehead atoms. The van der Waals surface area contributed by atoms with Gasteiger partial charge in [0, 0.05) is 24.7 Å². The van der Waals surface area contributed by atoms with E-state index in [0.29, 0.717) is 35.7 Å². The lowest BCUT2D eigenvalue weighted by atomic mass is 10.2. The molecule has 0 unspecified atom stereocenters. The van der Waals surface area contributed by atoms with E-state index >= 15 is 0 Å². The number of amides is 2. The number of nitrogens with one attached hydrogen (secondary N) is 1. The molecule has 2 aromatic rings. The molecule has 1 aliphatic heterocycles. The lowest BCUT2D eigenvalue weighted by Gasteiger charge is -2.19. The van der Waals surface area contributed by atoms with Crippen molar-refractivity contribution in [3.8, 4) is 5.75 Å². The first-order chi connectivity index (χ1) is 11.1. The molecular weight excluding hydrogens is 296 g/mol. The summed E-state index contributed by atoms with van der Waals surface area (Å²) in [5.41, 5.74) is 1.82. The second kappa shape index (κ2) is 6.16. The van der Waals surface area contributed by atoms with E-state index in [-0.39, 0.29) is 11.8 Å². The highest BCUT2D eigenvalue weighted by atomic mass is 16.5. The molecule has 3 rings (SSSR count). The highest BCUT2D eigenvalue weighted by Crippen LogP contribution is 2.34. The summed E-state index contributed by atoms with van der Waals surface area (Å²) >= 11 is 0. The zero-order chi connectivity index (χ0) is 16.4. The van der Waals surface area contributed by atoms with Gasteiger partial charge in [-0.3, -0.25) is 9.59 Å². The molecule has 1 aromatic heterocycles. The second-order valence-electron chi connectivity index (χ2n) is 5.38. The average molecular weight is 314 g/mol. The molecule has 1 aliphatic rings. The van der Waals surface area contributed by atoms with Crippen LogP contribution in [-0.2, 0) is 4.79 Å². The molecule has 1 saturated heterocycles. The number of hydrogen-bond donors (Lipinski definition) is 1.